The van der Waals surface area contributed by atoms with Gasteiger partial charge in [-0.15, -0.1) is 0 Å². The van der Waals surface area contributed by atoms with Crippen LogP contribution in [0.2, 0.25) is 10.0 Å². The Morgan fingerprint density at radius 3 is 2.38 bits per heavy atom. The Kier molecular flexibility index (Phi) is 5.67. The van der Waals surface area contributed by atoms with Crippen molar-refractivity contribution in [3.8, 4) is 11.5 Å². The van der Waals surface area contributed by atoms with Crippen LogP contribution in [0.5, 0.6) is 11.5 Å². The Balaban J connectivity index is 2.09. The molecule has 5 nitrogen and oxygen atoms in total. The SMILES string of the molecule is COc1ccc(OC)c([C@@H]2CCCN2S(=O)(=O)c2c(Cl)cccc2Cl)c1. The molecule has 0 unspecified atom stereocenters. The number of rotatable bonds is 5. The number of nitrogens with zero attached hydrogens (tertiary/aromatic N) is 1. The second kappa shape index (κ2) is 7.64. The maximum atomic E-state index is 13.3. The molecule has 2 aromatic carbocycles. The summed E-state index contributed by atoms with van der Waals surface area (Å²) in [6, 6.07) is 9.66. The van der Waals surface area contributed by atoms with E-state index in [4.69, 9.17) is 32.7 Å². The van der Waals surface area contributed by atoms with Crippen molar-refractivity contribution < 1.29 is 17.9 Å². The summed E-state index contributed by atoms with van der Waals surface area (Å²) in [5.41, 5.74) is 0.760. The van der Waals surface area contributed by atoms with E-state index in [-0.39, 0.29) is 21.0 Å². The van der Waals surface area contributed by atoms with Gasteiger partial charge in [0, 0.05) is 12.1 Å². The molecular formula is C18H19Cl2NO4S. The molecule has 0 saturated carbocycles. The lowest BCUT2D eigenvalue weighted by Crippen LogP contribution is -2.31. The number of sulfonamides is 1. The van der Waals surface area contributed by atoms with Crippen LogP contribution in [0, 0.1) is 0 Å². The van der Waals surface area contributed by atoms with Gasteiger partial charge in [0.25, 0.3) is 0 Å². The van der Waals surface area contributed by atoms with Crippen LogP contribution in [0.3, 0.4) is 0 Å². The van der Waals surface area contributed by atoms with Gasteiger partial charge in [-0.05, 0) is 43.2 Å². The van der Waals surface area contributed by atoms with Crippen molar-refractivity contribution in [2.45, 2.75) is 23.8 Å². The quantitative estimate of drug-likeness (QED) is 0.719. The zero-order valence-electron chi connectivity index (χ0n) is 14.4. The highest BCUT2D eigenvalue weighted by Crippen LogP contribution is 2.43. The lowest BCUT2D eigenvalue weighted by Gasteiger charge is -2.26. The summed E-state index contributed by atoms with van der Waals surface area (Å²) in [5, 5.41) is 0.224. The molecular weight excluding hydrogens is 397 g/mol. The number of hydrogen-bond acceptors (Lipinski definition) is 4. The molecule has 1 atom stereocenters. The topological polar surface area (TPSA) is 55.8 Å². The fraction of sp³-hybridized carbons (Fsp3) is 0.333. The van der Waals surface area contributed by atoms with Crippen LogP contribution in [-0.2, 0) is 10.0 Å². The van der Waals surface area contributed by atoms with E-state index < -0.39 is 10.0 Å². The summed E-state index contributed by atoms with van der Waals surface area (Å²) in [6.07, 6.45) is 1.40. The van der Waals surface area contributed by atoms with E-state index in [2.05, 4.69) is 0 Å². The molecule has 0 bridgehead atoms. The first-order valence-electron chi connectivity index (χ1n) is 8.08. The molecule has 1 fully saturated rings. The van der Waals surface area contributed by atoms with Gasteiger partial charge >= 0.3 is 0 Å². The van der Waals surface area contributed by atoms with E-state index in [1.807, 2.05) is 6.07 Å². The highest BCUT2D eigenvalue weighted by molar-refractivity contribution is 7.89. The molecule has 0 amide bonds. The van der Waals surface area contributed by atoms with Crippen LogP contribution in [-0.4, -0.2) is 33.5 Å². The largest absolute Gasteiger partial charge is 0.497 e. The maximum absolute atomic E-state index is 13.3. The molecule has 0 radical (unpaired) electrons. The van der Waals surface area contributed by atoms with Crippen molar-refractivity contribution in [3.63, 3.8) is 0 Å². The molecule has 1 aliphatic rings. The Labute approximate surface area is 163 Å². The summed E-state index contributed by atoms with van der Waals surface area (Å²) >= 11 is 12.3. The Morgan fingerprint density at radius 2 is 1.77 bits per heavy atom. The first kappa shape index (κ1) is 19.3. The Morgan fingerprint density at radius 1 is 1.08 bits per heavy atom. The van der Waals surface area contributed by atoms with Crippen LogP contribution in [0.4, 0.5) is 0 Å². The minimum Gasteiger partial charge on any atom is -0.497 e. The number of methoxy groups -OCH3 is 2. The monoisotopic (exact) mass is 415 g/mol. The highest BCUT2D eigenvalue weighted by atomic mass is 35.5. The molecule has 0 aliphatic carbocycles. The zero-order chi connectivity index (χ0) is 18.9. The standard InChI is InChI=1S/C18H19Cl2NO4S/c1-24-12-8-9-17(25-2)13(11-12)16-7-4-10-21(16)26(22,23)18-14(19)5-3-6-15(18)20/h3,5-6,8-9,11,16H,4,7,10H2,1-2H3/t16-/m0/s1. The number of halogens is 2. The van der Waals surface area contributed by atoms with Crippen molar-refractivity contribution in [1.29, 1.82) is 0 Å². The number of ether oxygens (including phenoxy) is 2. The average Bonchev–Trinajstić information content (AvgIpc) is 3.11. The van der Waals surface area contributed by atoms with Gasteiger partial charge in [0.15, 0.2) is 0 Å². The summed E-state index contributed by atoms with van der Waals surface area (Å²) in [7, 11) is -0.742. The van der Waals surface area contributed by atoms with E-state index in [0.717, 1.165) is 12.0 Å². The van der Waals surface area contributed by atoms with Gasteiger partial charge in [0.2, 0.25) is 10.0 Å². The summed E-state index contributed by atoms with van der Waals surface area (Å²) in [6.45, 7) is 0.384. The predicted molar refractivity (Wildman–Crippen MR) is 102 cm³/mol. The molecule has 1 heterocycles. The molecule has 1 saturated heterocycles. The van der Waals surface area contributed by atoms with Crippen LogP contribution in [0.25, 0.3) is 0 Å². The van der Waals surface area contributed by atoms with E-state index in [0.29, 0.717) is 24.5 Å². The lowest BCUT2D eigenvalue weighted by atomic mass is 10.0. The molecule has 1 aliphatic heterocycles. The molecule has 2 aromatic rings. The van der Waals surface area contributed by atoms with Crippen molar-refractivity contribution in [3.05, 3.63) is 52.0 Å². The number of hydrogen-bond donors (Lipinski definition) is 0. The first-order valence-corrected chi connectivity index (χ1v) is 10.3. The van der Waals surface area contributed by atoms with Gasteiger partial charge in [0.1, 0.15) is 16.4 Å². The smallest absolute Gasteiger partial charge is 0.246 e. The third-order valence-corrected chi connectivity index (χ3v) is 7.35. The molecule has 26 heavy (non-hydrogen) atoms. The summed E-state index contributed by atoms with van der Waals surface area (Å²) in [4.78, 5) is -0.0582. The fourth-order valence-corrected chi connectivity index (χ4v) is 6.05. The molecule has 0 aromatic heterocycles. The van der Waals surface area contributed by atoms with Crippen LogP contribution >= 0.6 is 23.2 Å². The van der Waals surface area contributed by atoms with Crippen LogP contribution < -0.4 is 9.47 Å². The van der Waals surface area contributed by atoms with Gasteiger partial charge < -0.3 is 9.47 Å². The predicted octanol–water partition coefficient (Wildman–Crippen LogP) is 4.54. The second-order valence-electron chi connectivity index (χ2n) is 5.93. The fourth-order valence-electron chi connectivity index (χ4n) is 3.28. The highest BCUT2D eigenvalue weighted by Gasteiger charge is 2.39. The van der Waals surface area contributed by atoms with E-state index in [9.17, 15) is 8.42 Å². The lowest BCUT2D eigenvalue weighted by molar-refractivity contribution is 0.362. The Bertz CT molecular complexity index is 897. The van der Waals surface area contributed by atoms with E-state index in [1.165, 1.54) is 16.4 Å². The van der Waals surface area contributed by atoms with Crippen molar-refractivity contribution in [1.82, 2.24) is 4.31 Å². The van der Waals surface area contributed by atoms with Crippen LogP contribution in [0.15, 0.2) is 41.3 Å². The normalized spacial score (nSPS) is 18.1. The number of benzene rings is 2. The second-order valence-corrected chi connectivity index (χ2v) is 8.57. The summed E-state index contributed by atoms with van der Waals surface area (Å²) < 4.78 is 38.8. The minimum atomic E-state index is -3.87. The van der Waals surface area contributed by atoms with Crippen LogP contribution in [0.1, 0.15) is 24.4 Å². The van der Waals surface area contributed by atoms with Crippen molar-refractivity contribution >= 4 is 33.2 Å². The van der Waals surface area contributed by atoms with Crippen molar-refractivity contribution in [2.75, 3.05) is 20.8 Å². The molecule has 0 N–H and O–H groups in total. The average molecular weight is 416 g/mol. The third kappa shape index (κ3) is 3.39. The van der Waals surface area contributed by atoms with Gasteiger partial charge in [-0.3, -0.25) is 0 Å². The molecule has 0 spiro atoms. The molecule has 140 valence electrons. The van der Waals surface area contributed by atoms with Crippen molar-refractivity contribution in [2.24, 2.45) is 0 Å². The minimum absolute atomic E-state index is 0.0582. The van der Waals surface area contributed by atoms with Gasteiger partial charge in [-0.2, -0.15) is 4.31 Å². The molecule has 8 heteroatoms. The Hall–Kier alpha value is -1.47. The first-order chi connectivity index (χ1) is 12.4. The van der Waals surface area contributed by atoms with Gasteiger partial charge in [-0.1, -0.05) is 29.3 Å². The third-order valence-electron chi connectivity index (χ3n) is 4.49. The van der Waals surface area contributed by atoms with Gasteiger partial charge in [-0.25, -0.2) is 8.42 Å². The summed E-state index contributed by atoms with van der Waals surface area (Å²) in [5.74, 6) is 1.25. The van der Waals surface area contributed by atoms with Gasteiger partial charge in [0.05, 0.1) is 30.3 Å². The van der Waals surface area contributed by atoms with E-state index >= 15 is 0 Å². The molecule has 3 rings (SSSR count). The van der Waals surface area contributed by atoms with E-state index in [1.54, 1.807) is 32.4 Å². The zero-order valence-corrected chi connectivity index (χ0v) is 16.7. The maximum Gasteiger partial charge on any atom is 0.246 e.